The van der Waals surface area contributed by atoms with Crippen LogP contribution >= 0.6 is 0 Å². The molecule has 6 nitrogen and oxygen atoms in total. The number of rotatable bonds is 3. The molecule has 0 bridgehead atoms. The summed E-state index contributed by atoms with van der Waals surface area (Å²) in [6.45, 7) is 0.359. The molecule has 1 aliphatic rings. The molecule has 7 heteroatoms. The number of aliphatic hydroxyl groups is 1. The maximum atomic E-state index is 13.2. The molecule has 25 heavy (non-hydrogen) atoms. The Morgan fingerprint density at radius 1 is 1.24 bits per heavy atom. The van der Waals surface area contributed by atoms with Crippen LogP contribution in [0.1, 0.15) is 11.7 Å². The van der Waals surface area contributed by atoms with E-state index in [2.05, 4.69) is 5.32 Å². The molecule has 0 radical (unpaired) electrons. The van der Waals surface area contributed by atoms with Gasteiger partial charge in [-0.3, -0.25) is 14.5 Å². The Hall–Kier alpha value is -2.93. The molecule has 0 saturated carbocycles. The Labute approximate surface area is 143 Å². The van der Waals surface area contributed by atoms with Gasteiger partial charge in [0.2, 0.25) is 0 Å². The predicted molar refractivity (Wildman–Crippen MR) is 88.7 cm³/mol. The summed E-state index contributed by atoms with van der Waals surface area (Å²) in [4.78, 5) is 25.8. The van der Waals surface area contributed by atoms with Crippen molar-refractivity contribution in [3.63, 3.8) is 0 Å². The summed E-state index contributed by atoms with van der Waals surface area (Å²) in [5.41, 5.74) is 0.851. The summed E-state index contributed by atoms with van der Waals surface area (Å²) in [5.74, 6) is -1.52. The van der Waals surface area contributed by atoms with E-state index >= 15 is 0 Å². The Morgan fingerprint density at radius 3 is 2.84 bits per heavy atom. The standard InChI is InChI=1S/C18H17FN2O4/c19-13-5-3-4-12(10-13)15(22)11-20-17(23)18(24)21-8-9-25-16-7-2-1-6-14(16)21/h1-7,10,15,22H,8-9,11H2,(H,20,23). The lowest BCUT2D eigenvalue weighted by molar-refractivity contribution is -0.138. The van der Waals surface area contributed by atoms with Gasteiger partial charge in [-0.15, -0.1) is 0 Å². The lowest BCUT2D eigenvalue weighted by Crippen LogP contribution is -2.47. The fourth-order valence-electron chi connectivity index (χ4n) is 2.60. The number of fused-ring (bicyclic) bond motifs is 1. The highest BCUT2D eigenvalue weighted by molar-refractivity contribution is 6.40. The van der Waals surface area contributed by atoms with Gasteiger partial charge in [-0.25, -0.2) is 4.39 Å². The lowest BCUT2D eigenvalue weighted by Gasteiger charge is -2.28. The molecule has 2 N–H and O–H groups in total. The molecule has 1 unspecified atom stereocenters. The average Bonchev–Trinajstić information content (AvgIpc) is 2.64. The van der Waals surface area contributed by atoms with E-state index in [1.54, 1.807) is 30.3 Å². The SMILES string of the molecule is O=C(NCC(O)c1cccc(F)c1)C(=O)N1CCOc2ccccc21. The van der Waals surface area contributed by atoms with Gasteiger partial charge in [-0.05, 0) is 29.8 Å². The molecule has 0 aromatic heterocycles. The normalized spacial score (nSPS) is 14.2. The van der Waals surface area contributed by atoms with Gasteiger partial charge < -0.3 is 15.2 Å². The van der Waals surface area contributed by atoms with Crippen LogP contribution in [-0.2, 0) is 9.59 Å². The van der Waals surface area contributed by atoms with Crippen LogP contribution in [0.2, 0.25) is 0 Å². The number of carbonyl (C=O) groups excluding carboxylic acids is 2. The number of nitrogens with one attached hydrogen (secondary N) is 1. The van der Waals surface area contributed by atoms with Gasteiger partial charge in [0.15, 0.2) is 0 Å². The maximum absolute atomic E-state index is 13.2. The molecule has 2 aromatic carbocycles. The minimum absolute atomic E-state index is 0.194. The Bertz CT molecular complexity index is 796. The summed E-state index contributed by atoms with van der Waals surface area (Å²) in [6, 6.07) is 12.4. The van der Waals surface area contributed by atoms with Crippen molar-refractivity contribution in [2.24, 2.45) is 0 Å². The van der Waals surface area contributed by atoms with Gasteiger partial charge in [0.05, 0.1) is 18.3 Å². The van der Waals surface area contributed by atoms with Crippen molar-refractivity contribution in [2.45, 2.75) is 6.10 Å². The molecule has 1 aliphatic heterocycles. The number of hydrogen-bond donors (Lipinski definition) is 2. The number of halogens is 1. The molecular formula is C18H17FN2O4. The molecule has 0 aliphatic carbocycles. The number of nitrogens with zero attached hydrogens (tertiary/aromatic N) is 1. The largest absolute Gasteiger partial charge is 0.490 e. The second-order valence-corrected chi connectivity index (χ2v) is 5.55. The number of benzene rings is 2. The summed E-state index contributed by atoms with van der Waals surface area (Å²) < 4.78 is 18.6. The first kappa shape index (κ1) is 16.9. The minimum atomic E-state index is -1.11. The van der Waals surface area contributed by atoms with Crippen molar-refractivity contribution in [2.75, 3.05) is 24.6 Å². The first-order chi connectivity index (χ1) is 12.1. The van der Waals surface area contributed by atoms with Crippen LogP contribution < -0.4 is 15.0 Å². The number of hydrogen-bond acceptors (Lipinski definition) is 4. The highest BCUT2D eigenvalue weighted by Crippen LogP contribution is 2.30. The van der Waals surface area contributed by atoms with Crippen LogP contribution in [0.15, 0.2) is 48.5 Å². The summed E-state index contributed by atoms with van der Waals surface area (Å²) in [6.07, 6.45) is -1.11. The zero-order chi connectivity index (χ0) is 17.8. The summed E-state index contributed by atoms with van der Waals surface area (Å²) in [7, 11) is 0. The third kappa shape index (κ3) is 3.77. The van der Waals surface area contributed by atoms with Crippen molar-refractivity contribution >= 4 is 17.5 Å². The number of ether oxygens (including phenoxy) is 1. The molecule has 0 spiro atoms. The molecule has 3 rings (SSSR count). The Morgan fingerprint density at radius 2 is 2.04 bits per heavy atom. The molecule has 2 amide bonds. The monoisotopic (exact) mass is 344 g/mol. The summed E-state index contributed by atoms with van der Waals surface area (Å²) in [5, 5.41) is 12.4. The van der Waals surface area contributed by atoms with Crippen LogP contribution in [0.25, 0.3) is 0 Å². The van der Waals surface area contributed by atoms with E-state index in [9.17, 15) is 19.1 Å². The van der Waals surface area contributed by atoms with Gasteiger partial charge in [0.25, 0.3) is 0 Å². The van der Waals surface area contributed by atoms with Gasteiger partial charge in [0, 0.05) is 6.54 Å². The van der Waals surface area contributed by atoms with Crippen LogP contribution in [0, 0.1) is 5.82 Å². The fourth-order valence-corrected chi connectivity index (χ4v) is 2.60. The summed E-state index contributed by atoms with van der Waals surface area (Å²) >= 11 is 0. The number of aliphatic hydroxyl groups excluding tert-OH is 1. The van der Waals surface area contributed by atoms with Crippen LogP contribution in [-0.4, -0.2) is 36.6 Å². The predicted octanol–water partition coefficient (Wildman–Crippen LogP) is 1.40. The van der Waals surface area contributed by atoms with Crippen molar-refractivity contribution in [1.29, 1.82) is 0 Å². The van der Waals surface area contributed by atoms with Gasteiger partial charge in [-0.2, -0.15) is 0 Å². The van der Waals surface area contributed by atoms with E-state index in [-0.39, 0.29) is 13.1 Å². The molecule has 2 aromatic rings. The number of carbonyl (C=O) groups is 2. The Kier molecular flexibility index (Phi) is 4.95. The van der Waals surface area contributed by atoms with Crippen molar-refractivity contribution in [3.8, 4) is 5.75 Å². The van der Waals surface area contributed by atoms with Crippen LogP contribution in [0.5, 0.6) is 5.75 Å². The van der Waals surface area contributed by atoms with Crippen molar-refractivity contribution < 1.29 is 23.8 Å². The average molecular weight is 344 g/mol. The third-order valence-corrected chi connectivity index (χ3v) is 3.86. The maximum Gasteiger partial charge on any atom is 0.316 e. The quantitative estimate of drug-likeness (QED) is 0.825. The fraction of sp³-hybridized carbons (Fsp3) is 0.222. The Balaban J connectivity index is 1.63. The van der Waals surface area contributed by atoms with Crippen molar-refractivity contribution in [3.05, 3.63) is 59.9 Å². The van der Waals surface area contributed by atoms with E-state index in [1.165, 1.54) is 23.1 Å². The molecule has 0 saturated heterocycles. The topological polar surface area (TPSA) is 78.9 Å². The minimum Gasteiger partial charge on any atom is -0.490 e. The highest BCUT2D eigenvalue weighted by atomic mass is 19.1. The first-order valence-corrected chi connectivity index (χ1v) is 7.81. The zero-order valence-electron chi connectivity index (χ0n) is 13.3. The first-order valence-electron chi connectivity index (χ1n) is 7.81. The highest BCUT2D eigenvalue weighted by Gasteiger charge is 2.28. The second kappa shape index (κ2) is 7.31. The molecular weight excluding hydrogens is 327 g/mol. The van der Waals surface area contributed by atoms with E-state index in [4.69, 9.17) is 4.74 Å². The number of para-hydroxylation sites is 2. The van der Waals surface area contributed by atoms with Crippen LogP contribution in [0.3, 0.4) is 0 Å². The second-order valence-electron chi connectivity index (χ2n) is 5.55. The molecule has 1 heterocycles. The lowest BCUT2D eigenvalue weighted by atomic mass is 10.1. The van der Waals surface area contributed by atoms with E-state index < -0.39 is 23.7 Å². The molecule has 130 valence electrons. The smallest absolute Gasteiger partial charge is 0.316 e. The van der Waals surface area contributed by atoms with Gasteiger partial charge in [-0.1, -0.05) is 24.3 Å². The van der Waals surface area contributed by atoms with Crippen molar-refractivity contribution in [1.82, 2.24) is 5.32 Å². The third-order valence-electron chi connectivity index (χ3n) is 3.86. The number of anilines is 1. The van der Waals surface area contributed by atoms with Gasteiger partial charge >= 0.3 is 11.8 Å². The van der Waals surface area contributed by atoms with Crippen LogP contribution in [0.4, 0.5) is 10.1 Å². The molecule has 1 atom stereocenters. The van der Waals surface area contributed by atoms with E-state index in [0.29, 0.717) is 23.6 Å². The number of amides is 2. The van der Waals surface area contributed by atoms with Gasteiger partial charge in [0.1, 0.15) is 18.2 Å². The van der Waals surface area contributed by atoms with E-state index in [0.717, 1.165) is 0 Å². The zero-order valence-corrected chi connectivity index (χ0v) is 13.3. The molecule has 0 fully saturated rings. The van der Waals surface area contributed by atoms with E-state index in [1.807, 2.05) is 0 Å².